The lowest BCUT2D eigenvalue weighted by Crippen LogP contribution is -2.04. The number of benzene rings is 2. The van der Waals surface area contributed by atoms with Crippen molar-refractivity contribution in [3.8, 4) is 0 Å². The van der Waals surface area contributed by atoms with Gasteiger partial charge in [-0.2, -0.15) is 13.2 Å². The third-order valence-corrected chi connectivity index (χ3v) is 3.02. The van der Waals surface area contributed by atoms with E-state index in [1.807, 2.05) is 43.3 Å². The van der Waals surface area contributed by atoms with Gasteiger partial charge in [0.2, 0.25) is 0 Å². The molecule has 0 aliphatic rings. The minimum Gasteiger partial charge on any atom is -0.166 e. The highest BCUT2D eigenvalue weighted by atomic mass is 19.4. The van der Waals surface area contributed by atoms with Crippen LogP contribution in [0.3, 0.4) is 0 Å². The first-order valence-electron chi connectivity index (χ1n) is 6.34. The van der Waals surface area contributed by atoms with Crippen LogP contribution in [0.15, 0.2) is 54.6 Å². The predicted octanol–water partition coefficient (Wildman–Crippen LogP) is 5.27. The Morgan fingerprint density at radius 1 is 0.900 bits per heavy atom. The molecular weight excluding hydrogens is 261 g/mol. The van der Waals surface area contributed by atoms with Gasteiger partial charge in [-0.15, -0.1) is 0 Å². The molecular formula is C17H15F3. The third kappa shape index (κ3) is 3.98. The van der Waals surface area contributed by atoms with Gasteiger partial charge < -0.3 is 0 Å². The molecule has 20 heavy (non-hydrogen) atoms. The number of hydrogen-bond acceptors (Lipinski definition) is 0. The van der Waals surface area contributed by atoms with Gasteiger partial charge in [0.15, 0.2) is 0 Å². The number of aryl methyl sites for hydroxylation is 1. The van der Waals surface area contributed by atoms with Crippen LogP contribution < -0.4 is 0 Å². The topological polar surface area (TPSA) is 0 Å². The maximum absolute atomic E-state index is 12.4. The van der Waals surface area contributed by atoms with Crippen molar-refractivity contribution >= 4 is 6.08 Å². The fraction of sp³-hybridized carbons (Fsp3) is 0.176. The summed E-state index contributed by atoms with van der Waals surface area (Å²) in [5.74, 6) is 0. The summed E-state index contributed by atoms with van der Waals surface area (Å²) in [6.07, 6.45) is 0.270. The molecule has 0 amide bonds. The second kappa shape index (κ2) is 5.95. The highest BCUT2D eigenvalue weighted by Crippen LogP contribution is 2.29. The van der Waals surface area contributed by atoms with E-state index in [2.05, 4.69) is 0 Å². The van der Waals surface area contributed by atoms with Gasteiger partial charge >= 0.3 is 6.18 Å². The first kappa shape index (κ1) is 14.4. The molecule has 0 aliphatic carbocycles. The molecule has 3 heteroatoms. The zero-order chi connectivity index (χ0) is 14.6. The third-order valence-electron chi connectivity index (χ3n) is 3.02. The van der Waals surface area contributed by atoms with Crippen molar-refractivity contribution in [2.45, 2.75) is 19.5 Å². The standard InChI is InChI=1S/C17H15F3/c1-13-5-7-14(8-6-13)3-2-4-15-9-11-16(12-10-15)17(18,19)20/h2-3,5-12H,4H2,1H3/b3-2+. The van der Waals surface area contributed by atoms with Crippen molar-refractivity contribution in [1.82, 2.24) is 0 Å². The molecule has 0 nitrogen and oxygen atoms in total. The number of halogens is 3. The average molecular weight is 276 g/mol. The van der Waals surface area contributed by atoms with E-state index < -0.39 is 11.7 Å². The fourth-order valence-corrected chi connectivity index (χ4v) is 1.84. The Labute approximate surface area is 116 Å². The molecule has 2 aromatic rings. The van der Waals surface area contributed by atoms with Gasteiger partial charge in [-0.3, -0.25) is 0 Å². The second-order valence-corrected chi connectivity index (χ2v) is 4.71. The van der Waals surface area contributed by atoms with Gasteiger partial charge in [0.25, 0.3) is 0 Å². The summed E-state index contributed by atoms with van der Waals surface area (Å²) in [6.45, 7) is 2.02. The van der Waals surface area contributed by atoms with E-state index >= 15 is 0 Å². The normalized spacial score (nSPS) is 12.0. The molecule has 0 bridgehead atoms. The summed E-state index contributed by atoms with van der Waals surface area (Å²) < 4.78 is 37.2. The Bertz CT molecular complexity index is 575. The maximum Gasteiger partial charge on any atom is 0.416 e. The summed E-state index contributed by atoms with van der Waals surface area (Å²) in [5.41, 5.74) is 2.54. The largest absolute Gasteiger partial charge is 0.416 e. The number of alkyl halides is 3. The number of hydrogen-bond donors (Lipinski definition) is 0. The lowest BCUT2D eigenvalue weighted by atomic mass is 10.1. The van der Waals surface area contributed by atoms with Crippen LogP contribution in [-0.4, -0.2) is 0 Å². The van der Waals surface area contributed by atoms with E-state index in [4.69, 9.17) is 0 Å². The maximum atomic E-state index is 12.4. The van der Waals surface area contributed by atoms with Crippen LogP contribution in [0.2, 0.25) is 0 Å². The number of rotatable bonds is 3. The summed E-state index contributed by atoms with van der Waals surface area (Å²) in [4.78, 5) is 0. The van der Waals surface area contributed by atoms with Crippen LogP contribution in [0.25, 0.3) is 6.08 Å². The van der Waals surface area contributed by atoms with E-state index in [0.29, 0.717) is 6.42 Å². The number of allylic oxidation sites excluding steroid dienone is 1. The summed E-state index contributed by atoms with van der Waals surface area (Å²) in [6, 6.07) is 13.3. The van der Waals surface area contributed by atoms with Crippen LogP contribution in [0, 0.1) is 6.92 Å². The summed E-state index contributed by atoms with van der Waals surface area (Å²) >= 11 is 0. The molecule has 104 valence electrons. The van der Waals surface area contributed by atoms with Gasteiger partial charge in [0.05, 0.1) is 5.56 Å². The van der Waals surface area contributed by atoms with E-state index in [1.54, 1.807) is 0 Å². The Morgan fingerprint density at radius 3 is 2.05 bits per heavy atom. The molecule has 0 aliphatic heterocycles. The molecule has 2 aromatic carbocycles. The Hall–Kier alpha value is -2.03. The zero-order valence-electron chi connectivity index (χ0n) is 11.1. The zero-order valence-corrected chi connectivity index (χ0v) is 11.1. The Kier molecular flexibility index (Phi) is 4.28. The van der Waals surface area contributed by atoms with E-state index in [0.717, 1.165) is 23.3 Å². The molecule has 0 saturated heterocycles. The van der Waals surface area contributed by atoms with Gasteiger partial charge in [-0.05, 0) is 36.6 Å². The average Bonchev–Trinajstić information content (AvgIpc) is 2.41. The van der Waals surface area contributed by atoms with Gasteiger partial charge in [0.1, 0.15) is 0 Å². The van der Waals surface area contributed by atoms with Crippen LogP contribution in [0.1, 0.15) is 22.3 Å². The lowest BCUT2D eigenvalue weighted by Gasteiger charge is -2.06. The molecule has 0 fully saturated rings. The monoisotopic (exact) mass is 276 g/mol. The second-order valence-electron chi connectivity index (χ2n) is 4.71. The van der Waals surface area contributed by atoms with E-state index in [-0.39, 0.29) is 0 Å². The van der Waals surface area contributed by atoms with Crippen LogP contribution in [0.5, 0.6) is 0 Å². The molecule has 0 saturated carbocycles. The van der Waals surface area contributed by atoms with Crippen molar-refractivity contribution in [1.29, 1.82) is 0 Å². The van der Waals surface area contributed by atoms with E-state index in [1.165, 1.54) is 17.7 Å². The molecule has 0 atom stereocenters. The Balaban J connectivity index is 1.99. The quantitative estimate of drug-likeness (QED) is 0.716. The Morgan fingerprint density at radius 2 is 1.50 bits per heavy atom. The highest BCUT2D eigenvalue weighted by Gasteiger charge is 2.29. The first-order valence-corrected chi connectivity index (χ1v) is 6.34. The molecule has 0 heterocycles. The van der Waals surface area contributed by atoms with E-state index in [9.17, 15) is 13.2 Å². The first-order chi connectivity index (χ1) is 9.45. The van der Waals surface area contributed by atoms with Gasteiger partial charge in [0, 0.05) is 0 Å². The highest BCUT2D eigenvalue weighted by molar-refractivity contribution is 5.50. The molecule has 0 spiro atoms. The van der Waals surface area contributed by atoms with Crippen molar-refractivity contribution in [2.24, 2.45) is 0 Å². The molecule has 0 N–H and O–H groups in total. The van der Waals surface area contributed by atoms with Crippen molar-refractivity contribution in [3.63, 3.8) is 0 Å². The van der Waals surface area contributed by atoms with Crippen LogP contribution in [0.4, 0.5) is 13.2 Å². The summed E-state index contributed by atoms with van der Waals surface area (Å²) in [5, 5.41) is 0. The van der Waals surface area contributed by atoms with Crippen molar-refractivity contribution < 1.29 is 13.2 Å². The van der Waals surface area contributed by atoms with Crippen LogP contribution in [-0.2, 0) is 12.6 Å². The molecule has 2 rings (SSSR count). The minimum atomic E-state index is -4.27. The van der Waals surface area contributed by atoms with Crippen molar-refractivity contribution in [2.75, 3.05) is 0 Å². The van der Waals surface area contributed by atoms with Gasteiger partial charge in [-0.1, -0.05) is 54.1 Å². The SMILES string of the molecule is Cc1ccc(/C=C/Cc2ccc(C(F)(F)F)cc2)cc1. The van der Waals surface area contributed by atoms with Gasteiger partial charge in [-0.25, -0.2) is 0 Å². The predicted molar refractivity (Wildman–Crippen MR) is 75.4 cm³/mol. The minimum absolute atomic E-state index is 0.608. The molecule has 0 aromatic heterocycles. The van der Waals surface area contributed by atoms with Crippen LogP contribution >= 0.6 is 0 Å². The van der Waals surface area contributed by atoms with Crippen molar-refractivity contribution in [3.05, 3.63) is 76.9 Å². The lowest BCUT2D eigenvalue weighted by molar-refractivity contribution is -0.137. The fourth-order valence-electron chi connectivity index (χ4n) is 1.84. The molecule has 0 radical (unpaired) electrons. The molecule has 0 unspecified atom stereocenters. The summed E-state index contributed by atoms with van der Waals surface area (Å²) in [7, 11) is 0. The smallest absolute Gasteiger partial charge is 0.166 e.